The lowest BCUT2D eigenvalue weighted by Crippen LogP contribution is -2.33. The number of nitrogens with zero attached hydrogens (tertiary/aromatic N) is 5. The quantitative estimate of drug-likeness (QED) is 0.491. The highest BCUT2D eigenvalue weighted by atomic mass is 32.1. The lowest BCUT2D eigenvalue weighted by atomic mass is 10.3. The smallest absolute Gasteiger partial charge is 0.302 e. The number of rotatable bonds is 2. The Morgan fingerprint density at radius 2 is 1.80 bits per heavy atom. The minimum Gasteiger partial charge on any atom is -0.302 e. The van der Waals surface area contributed by atoms with Crippen LogP contribution in [0, 0.1) is 22.7 Å². The summed E-state index contributed by atoms with van der Waals surface area (Å²) in [5.74, 6) is 0.469. The predicted molar refractivity (Wildman–Crippen MR) is 78.2 cm³/mol. The van der Waals surface area contributed by atoms with Crippen molar-refractivity contribution < 1.29 is 4.57 Å². The van der Waals surface area contributed by atoms with Crippen LogP contribution >= 0.6 is 24.8 Å². The summed E-state index contributed by atoms with van der Waals surface area (Å²) in [7, 11) is 0. The first-order valence-corrected chi connectivity index (χ1v) is 6.20. The van der Waals surface area contributed by atoms with Crippen molar-refractivity contribution >= 4 is 35.0 Å². The first-order chi connectivity index (χ1) is 9.65. The maximum atomic E-state index is 9.14. The third-order valence-electron chi connectivity index (χ3n) is 2.27. The number of hydrogen-bond acceptors (Lipinski definition) is 5. The molecule has 2 aromatic heterocycles. The van der Waals surface area contributed by atoms with E-state index in [-0.39, 0.29) is 21.5 Å². The van der Waals surface area contributed by atoms with Crippen molar-refractivity contribution in [1.29, 1.82) is 10.5 Å². The van der Waals surface area contributed by atoms with Crippen molar-refractivity contribution in [1.82, 2.24) is 9.97 Å². The van der Waals surface area contributed by atoms with Gasteiger partial charge in [-0.25, -0.2) is 9.55 Å². The number of thiol groups is 1. The van der Waals surface area contributed by atoms with Crippen molar-refractivity contribution in [3.05, 3.63) is 42.0 Å². The van der Waals surface area contributed by atoms with E-state index in [0.717, 1.165) is 0 Å². The monoisotopic (exact) mass is 299 g/mol. The molecule has 0 saturated carbocycles. The Balaban J connectivity index is 2.66. The molecule has 0 aliphatic carbocycles. The molecular weight excluding hydrogens is 292 g/mol. The molecule has 0 saturated heterocycles. The molecule has 2 aromatic rings. The fourth-order valence-electron chi connectivity index (χ4n) is 1.49. The summed E-state index contributed by atoms with van der Waals surface area (Å²) in [6, 6.07) is 9.20. The number of aromatic nitrogens is 3. The number of nitrogens with one attached hydrogen (secondary N) is 1. The van der Waals surface area contributed by atoms with Crippen LogP contribution in [-0.4, -0.2) is 14.3 Å². The molecule has 8 heteroatoms. The summed E-state index contributed by atoms with van der Waals surface area (Å²) in [5.41, 5.74) is 0.0339. The summed E-state index contributed by atoms with van der Waals surface area (Å²) in [6.45, 7) is 0. The Hall–Kier alpha value is -2.55. The van der Waals surface area contributed by atoms with Gasteiger partial charge >= 0.3 is 5.82 Å². The normalized spacial score (nSPS) is 9.35. The molecule has 0 bridgehead atoms. The number of hydrogen-bond donors (Lipinski definition) is 2. The van der Waals surface area contributed by atoms with Crippen molar-refractivity contribution in [2.45, 2.75) is 0 Å². The Morgan fingerprint density at radius 1 is 1.15 bits per heavy atom. The van der Waals surface area contributed by atoms with Gasteiger partial charge in [0.05, 0.1) is 12.4 Å². The van der Waals surface area contributed by atoms with Crippen LogP contribution in [0.3, 0.4) is 0 Å². The minimum absolute atomic E-state index is 0.0155. The first-order valence-electron chi connectivity index (χ1n) is 5.34. The van der Waals surface area contributed by atoms with Gasteiger partial charge in [-0.15, -0.1) is 12.6 Å². The summed E-state index contributed by atoms with van der Waals surface area (Å²) in [6.07, 6.45) is 3.44. The standard InChI is InChI=1S/C12H6N6S2/c13-6-8-10(17-12(19)20)16-11(9(7-14)15-8)18-4-2-1-3-5-18/h1-5H,(H-,16,17,19,20)/p+1. The molecule has 20 heavy (non-hydrogen) atoms. The van der Waals surface area contributed by atoms with Gasteiger partial charge in [0.2, 0.25) is 11.4 Å². The van der Waals surface area contributed by atoms with E-state index >= 15 is 0 Å². The van der Waals surface area contributed by atoms with Gasteiger partial charge in [0.15, 0.2) is 0 Å². The second-order valence-corrected chi connectivity index (χ2v) is 4.69. The summed E-state index contributed by atoms with van der Waals surface area (Å²) in [5, 5.41) is 20.8. The highest BCUT2D eigenvalue weighted by molar-refractivity contribution is 8.11. The van der Waals surface area contributed by atoms with E-state index < -0.39 is 0 Å². The molecule has 0 atom stereocenters. The van der Waals surface area contributed by atoms with E-state index in [1.54, 1.807) is 29.1 Å². The van der Waals surface area contributed by atoms with E-state index in [1.807, 2.05) is 18.2 Å². The van der Waals surface area contributed by atoms with Crippen LogP contribution < -0.4 is 9.88 Å². The van der Waals surface area contributed by atoms with Crippen molar-refractivity contribution in [3.63, 3.8) is 0 Å². The van der Waals surface area contributed by atoms with Crippen molar-refractivity contribution in [2.75, 3.05) is 5.32 Å². The molecule has 0 radical (unpaired) electrons. The Morgan fingerprint density at radius 3 is 2.35 bits per heavy atom. The van der Waals surface area contributed by atoms with Gasteiger partial charge in [-0.3, -0.25) is 0 Å². The van der Waals surface area contributed by atoms with Gasteiger partial charge in [-0.1, -0.05) is 18.3 Å². The van der Waals surface area contributed by atoms with E-state index in [9.17, 15) is 0 Å². The van der Waals surface area contributed by atoms with Crippen LogP contribution in [-0.2, 0) is 0 Å². The van der Waals surface area contributed by atoms with E-state index in [4.69, 9.17) is 22.7 Å². The van der Waals surface area contributed by atoms with Crippen LogP contribution in [0.2, 0.25) is 0 Å². The fraction of sp³-hybridized carbons (Fsp3) is 0. The maximum absolute atomic E-state index is 9.14. The summed E-state index contributed by atoms with van der Waals surface area (Å²) >= 11 is 8.75. The van der Waals surface area contributed by atoms with Gasteiger partial charge in [0.25, 0.3) is 5.82 Å². The molecular formula is C12H7N6S2+. The molecule has 0 amide bonds. The van der Waals surface area contributed by atoms with Crippen LogP contribution in [0.4, 0.5) is 5.82 Å². The van der Waals surface area contributed by atoms with Crippen LogP contribution in [0.25, 0.3) is 5.82 Å². The third kappa shape index (κ3) is 2.88. The number of nitriles is 2. The van der Waals surface area contributed by atoms with Gasteiger partial charge in [-0.2, -0.15) is 10.5 Å². The molecule has 0 spiro atoms. The number of thiocarbonyl (C=S) groups is 1. The van der Waals surface area contributed by atoms with Crippen LogP contribution in [0.1, 0.15) is 11.4 Å². The third-order valence-corrected chi connectivity index (χ3v) is 2.49. The summed E-state index contributed by atoms with van der Waals surface area (Å²) < 4.78 is 1.78. The highest BCUT2D eigenvalue weighted by Gasteiger charge is 2.23. The summed E-state index contributed by atoms with van der Waals surface area (Å²) in [4.78, 5) is 8.21. The minimum atomic E-state index is -0.0155. The Labute approximate surface area is 125 Å². The first kappa shape index (κ1) is 13.9. The van der Waals surface area contributed by atoms with Crippen molar-refractivity contribution in [3.8, 4) is 18.0 Å². The van der Waals surface area contributed by atoms with Crippen LogP contribution in [0.15, 0.2) is 30.6 Å². The van der Waals surface area contributed by atoms with E-state index in [2.05, 4.69) is 27.9 Å². The average molecular weight is 299 g/mol. The molecule has 0 aliphatic rings. The van der Waals surface area contributed by atoms with E-state index in [0.29, 0.717) is 5.82 Å². The molecule has 0 aromatic carbocycles. The average Bonchev–Trinajstić information content (AvgIpc) is 2.47. The van der Waals surface area contributed by atoms with Gasteiger partial charge < -0.3 is 5.32 Å². The maximum Gasteiger partial charge on any atom is 0.367 e. The lowest BCUT2D eigenvalue weighted by Gasteiger charge is -2.02. The van der Waals surface area contributed by atoms with Crippen molar-refractivity contribution in [2.24, 2.45) is 0 Å². The molecule has 96 valence electrons. The molecule has 2 heterocycles. The zero-order valence-electron chi connectivity index (χ0n) is 9.98. The molecule has 0 fully saturated rings. The molecule has 0 unspecified atom stereocenters. The Kier molecular flexibility index (Phi) is 4.20. The van der Waals surface area contributed by atoms with E-state index in [1.165, 1.54) is 0 Å². The fourth-order valence-corrected chi connectivity index (χ4v) is 1.69. The van der Waals surface area contributed by atoms with Gasteiger partial charge in [0, 0.05) is 0 Å². The zero-order chi connectivity index (χ0) is 14.5. The number of anilines is 1. The van der Waals surface area contributed by atoms with Gasteiger partial charge in [-0.05, 0) is 17.1 Å². The van der Waals surface area contributed by atoms with Crippen LogP contribution in [0.5, 0.6) is 0 Å². The lowest BCUT2D eigenvalue weighted by molar-refractivity contribution is -0.600. The van der Waals surface area contributed by atoms with Gasteiger partial charge in [0.1, 0.15) is 16.5 Å². The number of pyridine rings is 1. The predicted octanol–water partition coefficient (Wildman–Crippen LogP) is 1.12. The largest absolute Gasteiger partial charge is 0.367 e. The highest BCUT2D eigenvalue weighted by Crippen LogP contribution is 2.13. The zero-order valence-corrected chi connectivity index (χ0v) is 11.7. The molecule has 0 aliphatic heterocycles. The Bertz CT molecular complexity index is 745. The SMILES string of the molecule is N#Cc1nc(C#N)c(-[n+]2ccccc2)nc1NC(=S)S. The molecule has 1 N–H and O–H groups in total. The topological polar surface area (TPSA) is 89.3 Å². The second-order valence-electron chi connectivity index (χ2n) is 3.53. The molecule has 6 nitrogen and oxygen atoms in total. The second kappa shape index (κ2) is 6.06. The molecule has 2 rings (SSSR count).